The number of carbonyl (C=O) groups is 3. The van der Waals surface area contributed by atoms with Crippen LogP contribution in [-0.2, 0) is 28.6 Å². The van der Waals surface area contributed by atoms with E-state index in [0.717, 1.165) is 109 Å². The second-order valence-corrected chi connectivity index (χ2v) is 18.5. The van der Waals surface area contributed by atoms with Crippen molar-refractivity contribution in [3.8, 4) is 0 Å². The van der Waals surface area contributed by atoms with Gasteiger partial charge in [-0.1, -0.05) is 220 Å². The summed E-state index contributed by atoms with van der Waals surface area (Å²) in [6.07, 6.45) is 76.5. The molecule has 0 radical (unpaired) electrons. The van der Waals surface area contributed by atoms with Crippen LogP contribution < -0.4 is 0 Å². The van der Waals surface area contributed by atoms with Crippen LogP contribution in [0.2, 0.25) is 0 Å². The predicted octanol–water partition coefficient (Wildman–Crippen LogP) is 19.1. The zero-order valence-corrected chi connectivity index (χ0v) is 44.8. The number of rotatable bonds is 50. The smallest absolute Gasteiger partial charge is 0.306 e. The number of hydrogen-bond donors (Lipinski definition) is 0. The maximum absolute atomic E-state index is 12.8. The number of allylic oxidation sites excluding steroid dienone is 18. The van der Waals surface area contributed by atoms with Crippen LogP contribution in [0.5, 0.6) is 0 Å². The minimum Gasteiger partial charge on any atom is -0.462 e. The molecule has 0 saturated carbocycles. The van der Waals surface area contributed by atoms with E-state index in [1.54, 1.807) is 0 Å². The third-order valence-electron chi connectivity index (χ3n) is 11.7. The van der Waals surface area contributed by atoms with Crippen LogP contribution in [0.1, 0.15) is 252 Å². The van der Waals surface area contributed by atoms with Crippen LogP contribution in [0.3, 0.4) is 0 Å². The molecule has 0 aliphatic carbocycles. The van der Waals surface area contributed by atoms with Crippen molar-refractivity contribution in [2.75, 3.05) is 13.2 Å². The lowest BCUT2D eigenvalue weighted by atomic mass is 10.1. The molecule has 392 valence electrons. The molecule has 1 atom stereocenters. The Hall–Kier alpha value is -3.93. The number of esters is 3. The molecule has 0 unspecified atom stereocenters. The molecular weight excluding hydrogens is 853 g/mol. The molecule has 0 bridgehead atoms. The molecule has 0 spiro atoms. The van der Waals surface area contributed by atoms with Crippen LogP contribution in [0.15, 0.2) is 109 Å². The van der Waals surface area contributed by atoms with Gasteiger partial charge in [0.05, 0.1) is 0 Å². The topological polar surface area (TPSA) is 78.9 Å². The summed E-state index contributed by atoms with van der Waals surface area (Å²) in [6, 6.07) is 0. The van der Waals surface area contributed by atoms with Crippen LogP contribution in [0.4, 0.5) is 0 Å². The van der Waals surface area contributed by atoms with E-state index in [0.29, 0.717) is 19.3 Å². The van der Waals surface area contributed by atoms with Gasteiger partial charge < -0.3 is 14.2 Å². The molecule has 0 aromatic heterocycles. The molecule has 6 nitrogen and oxygen atoms in total. The van der Waals surface area contributed by atoms with E-state index in [4.69, 9.17) is 14.2 Å². The summed E-state index contributed by atoms with van der Waals surface area (Å²) in [5.41, 5.74) is 0. The minimum absolute atomic E-state index is 0.106. The monoisotopic (exact) mass is 957 g/mol. The molecule has 0 aliphatic heterocycles. The van der Waals surface area contributed by atoms with Crippen molar-refractivity contribution in [3.63, 3.8) is 0 Å². The summed E-state index contributed by atoms with van der Waals surface area (Å²) in [5, 5.41) is 0. The molecule has 0 aromatic carbocycles. The Morgan fingerprint density at radius 3 is 0.942 bits per heavy atom. The maximum Gasteiger partial charge on any atom is 0.306 e. The highest BCUT2D eigenvalue weighted by atomic mass is 16.6. The standard InChI is InChI=1S/C63H104O6/c1-4-7-10-13-16-19-22-25-28-30-31-33-36-38-41-44-47-50-53-56-62(65)68-59-60(69-63(66)57-54-51-48-45-42-39-34-27-24-21-18-15-12-9-6-3)58-67-61(64)55-52-49-46-43-40-37-35-32-29-26-23-20-17-14-11-8-5-2/h9,12,16-21,25-29,34-35,37,43,46,60H,4-8,10-11,13-15,22-24,30-33,36,38-42,44-45,47-59H2,1-3H3/b12-9-,19-16-,20-17-,21-18-,28-25-,29-26-,34-27-,37-35-,46-43-/t60-/m0/s1. The summed E-state index contributed by atoms with van der Waals surface area (Å²) in [6.45, 7) is 6.41. The molecule has 0 fully saturated rings. The first-order valence-electron chi connectivity index (χ1n) is 28.4. The van der Waals surface area contributed by atoms with Crippen LogP contribution >= 0.6 is 0 Å². The molecule has 0 N–H and O–H groups in total. The second kappa shape index (κ2) is 56.7. The molecule has 0 saturated heterocycles. The summed E-state index contributed by atoms with van der Waals surface area (Å²) in [7, 11) is 0. The number of carbonyl (C=O) groups excluding carboxylic acids is 3. The van der Waals surface area contributed by atoms with Crippen LogP contribution in [0.25, 0.3) is 0 Å². The van der Waals surface area contributed by atoms with Gasteiger partial charge in [0.25, 0.3) is 0 Å². The van der Waals surface area contributed by atoms with E-state index in [1.807, 2.05) is 0 Å². The molecule has 0 heterocycles. The lowest BCUT2D eigenvalue weighted by Gasteiger charge is -2.18. The number of hydrogen-bond acceptors (Lipinski definition) is 6. The summed E-state index contributed by atoms with van der Waals surface area (Å²) in [4.78, 5) is 38.1. The largest absolute Gasteiger partial charge is 0.462 e. The van der Waals surface area contributed by atoms with E-state index < -0.39 is 6.10 Å². The van der Waals surface area contributed by atoms with Crippen LogP contribution in [-0.4, -0.2) is 37.2 Å². The average Bonchev–Trinajstić information content (AvgIpc) is 3.35. The fraction of sp³-hybridized carbons (Fsp3) is 0.667. The first-order chi connectivity index (χ1) is 34.0. The Morgan fingerprint density at radius 1 is 0.304 bits per heavy atom. The van der Waals surface area contributed by atoms with E-state index in [2.05, 4.69) is 130 Å². The van der Waals surface area contributed by atoms with E-state index in [1.165, 1.54) is 96.3 Å². The summed E-state index contributed by atoms with van der Waals surface area (Å²) in [5.74, 6) is -0.986. The van der Waals surface area contributed by atoms with Crippen molar-refractivity contribution in [3.05, 3.63) is 109 Å². The lowest BCUT2D eigenvalue weighted by Crippen LogP contribution is -2.30. The first kappa shape index (κ1) is 65.1. The van der Waals surface area contributed by atoms with Gasteiger partial charge in [0.1, 0.15) is 13.2 Å². The predicted molar refractivity (Wildman–Crippen MR) is 297 cm³/mol. The summed E-state index contributed by atoms with van der Waals surface area (Å²) < 4.78 is 16.8. The van der Waals surface area contributed by atoms with Gasteiger partial charge in [0.15, 0.2) is 6.10 Å². The Morgan fingerprint density at radius 2 is 0.580 bits per heavy atom. The minimum atomic E-state index is -0.813. The van der Waals surface area contributed by atoms with Gasteiger partial charge in [-0.05, 0) is 122 Å². The summed E-state index contributed by atoms with van der Waals surface area (Å²) >= 11 is 0. The van der Waals surface area contributed by atoms with E-state index >= 15 is 0 Å². The van der Waals surface area contributed by atoms with Gasteiger partial charge in [-0.15, -0.1) is 0 Å². The van der Waals surface area contributed by atoms with Gasteiger partial charge in [-0.3, -0.25) is 14.4 Å². The zero-order chi connectivity index (χ0) is 50.0. The van der Waals surface area contributed by atoms with Crippen molar-refractivity contribution in [1.82, 2.24) is 0 Å². The van der Waals surface area contributed by atoms with Crippen LogP contribution in [0, 0.1) is 0 Å². The zero-order valence-electron chi connectivity index (χ0n) is 44.8. The quantitative estimate of drug-likeness (QED) is 0.0262. The van der Waals surface area contributed by atoms with Crippen molar-refractivity contribution in [2.24, 2.45) is 0 Å². The van der Waals surface area contributed by atoms with Gasteiger partial charge in [-0.2, -0.15) is 0 Å². The van der Waals surface area contributed by atoms with Gasteiger partial charge in [-0.25, -0.2) is 0 Å². The molecule has 0 rings (SSSR count). The molecule has 0 amide bonds. The number of ether oxygens (including phenoxy) is 3. The fourth-order valence-corrected chi connectivity index (χ4v) is 7.48. The molecule has 0 aromatic rings. The van der Waals surface area contributed by atoms with Gasteiger partial charge in [0.2, 0.25) is 0 Å². The molecule has 69 heavy (non-hydrogen) atoms. The van der Waals surface area contributed by atoms with Crippen molar-refractivity contribution in [2.45, 2.75) is 258 Å². The highest BCUT2D eigenvalue weighted by Gasteiger charge is 2.19. The van der Waals surface area contributed by atoms with Gasteiger partial charge in [0, 0.05) is 19.3 Å². The highest BCUT2D eigenvalue weighted by molar-refractivity contribution is 5.71. The molecular formula is C63H104O6. The maximum atomic E-state index is 12.8. The lowest BCUT2D eigenvalue weighted by molar-refractivity contribution is -0.167. The van der Waals surface area contributed by atoms with Crippen molar-refractivity contribution < 1.29 is 28.6 Å². The average molecular weight is 958 g/mol. The third-order valence-corrected chi connectivity index (χ3v) is 11.7. The highest BCUT2D eigenvalue weighted by Crippen LogP contribution is 2.14. The Kier molecular flexibility index (Phi) is 53.4. The first-order valence-corrected chi connectivity index (χ1v) is 28.4. The third kappa shape index (κ3) is 54.9. The Balaban J connectivity index is 4.49. The van der Waals surface area contributed by atoms with Gasteiger partial charge >= 0.3 is 17.9 Å². The van der Waals surface area contributed by atoms with Crippen molar-refractivity contribution in [1.29, 1.82) is 0 Å². The Labute approximate surface area is 425 Å². The molecule has 0 aliphatic rings. The van der Waals surface area contributed by atoms with Crippen molar-refractivity contribution >= 4 is 17.9 Å². The van der Waals surface area contributed by atoms with E-state index in [9.17, 15) is 14.4 Å². The van der Waals surface area contributed by atoms with E-state index in [-0.39, 0.29) is 37.5 Å². The fourth-order valence-electron chi connectivity index (χ4n) is 7.48. The number of unbranched alkanes of at least 4 members (excludes halogenated alkanes) is 21. The normalized spacial score (nSPS) is 12.9. The molecule has 6 heteroatoms. The Bertz CT molecular complexity index is 1420. The second-order valence-electron chi connectivity index (χ2n) is 18.5. The SMILES string of the molecule is CC/C=C\C/C=C\C/C=C\CCCCCCCC(=O)O[C@@H](COC(=O)CCC/C=C\C/C=C\C/C=C\C/C=C\CCCCC)COC(=O)CCCCCCCCCCC/C=C\C/C=C\CCCCC.